The normalized spacial score (nSPS) is 24.5. The summed E-state index contributed by atoms with van der Waals surface area (Å²) in [5, 5.41) is 19.3. The molecule has 0 bridgehead atoms. The van der Waals surface area contributed by atoms with Gasteiger partial charge in [0.1, 0.15) is 4.88 Å². The van der Waals surface area contributed by atoms with E-state index in [1.165, 1.54) is 23.3 Å². The quantitative estimate of drug-likeness (QED) is 0.592. The van der Waals surface area contributed by atoms with Crippen molar-refractivity contribution in [3.63, 3.8) is 0 Å². The molecule has 4 rings (SSSR count). The van der Waals surface area contributed by atoms with Crippen molar-refractivity contribution in [2.24, 2.45) is 11.8 Å². The van der Waals surface area contributed by atoms with Crippen LogP contribution in [0.5, 0.6) is 0 Å². The molecule has 1 N–H and O–H groups in total. The second-order valence-electron chi connectivity index (χ2n) is 9.59. The fraction of sp³-hybridized carbons (Fsp3) is 0.640. The Morgan fingerprint density at radius 3 is 2.47 bits per heavy atom. The van der Waals surface area contributed by atoms with E-state index in [0.29, 0.717) is 37.5 Å². The van der Waals surface area contributed by atoms with E-state index in [-0.39, 0.29) is 22.7 Å². The predicted octanol–water partition coefficient (Wildman–Crippen LogP) is 5.51. The Morgan fingerprint density at radius 1 is 1.16 bits per heavy atom. The molecular weight excluding hydrogens is 422 g/mol. The summed E-state index contributed by atoms with van der Waals surface area (Å²) in [7, 11) is 0. The van der Waals surface area contributed by atoms with E-state index in [0.717, 1.165) is 49.8 Å². The van der Waals surface area contributed by atoms with Crippen LogP contribution in [0.25, 0.3) is 5.57 Å². The molecule has 3 aliphatic rings. The number of carbonyl (C=O) groups excluding carboxylic acids is 1. The van der Waals surface area contributed by atoms with Crippen LogP contribution in [0.3, 0.4) is 0 Å². The molecule has 1 saturated heterocycles. The Morgan fingerprint density at radius 2 is 1.88 bits per heavy atom. The van der Waals surface area contributed by atoms with Gasteiger partial charge in [0.25, 0.3) is 0 Å². The van der Waals surface area contributed by atoms with Gasteiger partial charge in [-0.25, -0.2) is 4.79 Å². The molecule has 0 atom stereocenters. The lowest BCUT2D eigenvalue weighted by Gasteiger charge is -2.39. The summed E-state index contributed by atoms with van der Waals surface area (Å²) in [5.41, 5.74) is 1.79. The van der Waals surface area contributed by atoms with Crippen LogP contribution in [0.15, 0.2) is 12.1 Å². The minimum Gasteiger partial charge on any atom is -0.477 e. The molecule has 1 amide bonds. The van der Waals surface area contributed by atoms with Crippen molar-refractivity contribution in [3.05, 3.63) is 21.9 Å². The summed E-state index contributed by atoms with van der Waals surface area (Å²) in [5.74, 6) is -0.278. The van der Waals surface area contributed by atoms with Gasteiger partial charge >= 0.3 is 5.97 Å². The van der Waals surface area contributed by atoms with Crippen molar-refractivity contribution in [2.45, 2.75) is 77.2 Å². The molecule has 1 aromatic heterocycles. The molecule has 2 aliphatic carbocycles. The summed E-state index contributed by atoms with van der Waals surface area (Å²) in [6.07, 6.45) is 13.9. The van der Waals surface area contributed by atoms with E-state index >= 15 is 0 Å². The highest BCUT2D eigenvalue weighted by atomic mass is 32.1. The minimum absolute atomic E-state index is 0.0425. The number of thiophene rings is 1. The Kier molecular flexibility index (Phi) is 7.20. The van der Waals surface area contributed by atoms with E-state index in [4.69, 9.17) is 0 Å². The third kappa shape index (κ3) is 4.85. The zero-order valence-electron chi connectivity index (χ0n) is 18.9. The number of carboxylic acids is 1. The number of piperidine rings is 1. The van der Waals surface area contributed by atoms with Gasteiger partial charge in [-0.3, -0.25) is 4.79 Å². The van der Waals surface area contributed by atoms with Crippen LogP contribution < -0.4 is 4.90 Å². The Labute approximate surface area is 194 Å². The molecule has 1 saturated carbocycles. The zero-order chi connectivity index (χ0) is 22.7. The molecular formula is C25H33N3O3S. The molecule has 1 aromatic rings. The number of amides is 1. The van der Waals surface area contributed by atoms with Gasteiger partial charge in [0.2, 0.25) is 5.91 Å². The smallest absolute Gasteiger partial charge is 0.348 e. The minimum atomic E-state index is -0.961. The molecule has 32 heavy (non-hydrogen) atoms. The molecule has 7 heteroatoms. The van der Waals surface area contributed by atoms with Gasteiger partial charge in [0.15, 0.2) is 6.19 Å². The maximum atomic E-state index is 13.9. The van der Waals surface area contributed by atoms with Crippen molar-refractivity contribution in [2.75, 3.05) is 18.0 Å². The van der Waals surface area contributed by atoms with Gasteiger partial charge in [0.05, 0.1) is 5.69 Å². The van der Waals surface area contributed by atoms with Crippen LogP contribution in [-0.2, 0) is 4.79 Å². The van der Waals surface area contributed by atoms with E-state index in [1.54, 1.807) is 4.90 Å². The van der Waals surface area contributed by atoms with Gasteiger partial charge < -0.3 is 14.9 Å². The van der Waals surface area contributed by atoms with Crippen molar-refractivity contribution in [3.8, 4) is 6.19 Å². The van der Waals surface area contributed by atoms with Crippen molar-refractivity contribution < 1.29 is 14.7 Å². The highest BCUT2D eigenvalue weighted by molar-refractivity contribution is 7.15. The second kappa shape index (κ2) is 10.1. The van der Waals surface area contributed by atoms with Crippen molar-refractivity contribution >= 4 is 34.5 Å². The number of likely N-dealkylation sites (tertiary alicyclic amines) is 1. The number of allylic oxidation sites excluding steroid dienone is 2. The van der Waals surface area contributed by atoms with Crippen LogP contribution in [0, 0.1) is 23.3 Å². The molecule has 6 nitrogen and oxygen atoms in total. The average Bonchev–Trinajstić information content (AvgIpc) is 3.26. The Hall–Kier alpha value is -2.33. The molecule has 2 fully saturated rings. The molecule has 1 aliphatic heterocycles. The molecule has 0 spiro atoms. The van der Waals surface area contributed by atoms with E-state index in [2.05, 4.69) is 19.2 Å². The zero-order valence-corrected chi connectivity index (χ0v) is 19.7. The highest BCUT2D eigenvalue weighted by Gasteiger charge is 2.37. The Balaban J connectivity index is 1.69. The number of hydrogen-bond donors (Lipinski definition) is 1. The summed E-state index contributed by atoms with van der Waals surface area (Å²) in [4.78, 5) is 30.9. The molecule has 0 unspecified atom stereocenters. The van der Waals surface area contributed by atoms with Crippen LogP contribution in [0.4, 0.5) is 5.69 Å². The highest BCUT2D eigenvalue weighted by Crippen LogP contribution is 2.41. The second-order valence-corrected chi connectivity index (χ2v) is 10.6. The third-order valence-electron chi connectivity index (χ3n) is 7.35. The van der Waals surface area contributed by atoms with Crippen LogP contribution in [0.1, 0.15) is 85.7 Å². The lowest BCUT2D eigenvalue weighted by Crippen LogP contribution is -2.49. The molecule has 172 valence electrons. The summed E-state index contributed by atoms with van der Waals surface area (Å²) < 4.78 is 0. The number of nitriles is 1. The van der Waals surface area contributed by atoms with Crippen molar-refractivity contribution in [1.82, 2.24) is 4.90 Å². The number of carbonyl (C=O) groups is 2. The maximum Gasteiger partial charge on any atom is 0.348 e. The number of nitrogens with zero attached hydrogens (tertiary/aromatic N) is 3. The van der Waals surface area contributed by atoms with Crippen LogP contribution in [-0.4, -0.2) is 41.0 Å². The summed E-state index contributed by atoms with van der Waals surface area (Å²) in [6.45, 7) is 3.45. The first kappa shape index (κ1) is 22.8. The lowest BCUT2D eigenvalue weighted by atomic mass is 9.82. The monoisotopic (exact) mass is 455 g/mol. The lowest BCUT2D eigenvalue weighted by molar-refractivity contribution is -0.124. The average molecular weight is 456 g/mol. The van der Waals surface area contributed by atoms with Gasteiger partial charge in [-0.2, -0.15) is 5.26 Å². The van der Waals surface area contributed by atoms with E-state index in [1.807, 2.05) is 11.0 Å². The standard InChI is InChI=1S/C25H33N3O3S/c1-17-7-9-19(10-8-17)24(29)28(20-11-13-27(16-26)14-12-20)21-15-22(32-23(21)25(30)31)18-5-3-2-4-6-18/h5,15,17,19-20H,2-4,6-14H2,1H3,(H,30,31)/t17-,19-. The molecule has 0 radical (unpaired) electrons. The maximum absolute atomic E-state index is 13.9. The molecule has 2 heterocycles. The van der Waals surface area contributed by atoms with Gasteiger partial charge in [-0.05, 0) is 81.8 Å². The van der Waals surface area contributed by atoms with Gasteiger partial charge in [-0.15, -0.1) is 11.3 Å². The van der Waals surface area contributed by atoms with E-state index in [9.17, 15) is 20.0 Å². The van der Waals surface area contributed by atoms with Gasteiger partial charge in [0, 0.05) is 29.9 Å². The topological polar surface area (TPSA) is 84.6 Å². The first-order valence-corrected chi connectivity index (χ1v) is 12.8. The number of anilines is 1. The Bertz CT molecular complexity index is 915. The molecule has 0 aromatic carbocycles. The third-order valence-corrected chi connectivity index (χ3v) is 8.54. The SMILES string of the molecule is C[C@H]1CC[C@H](C(=O)N(c2cc(C3=CCCCC3)sc2C(=O)O)C2CCN(C#N)CC2)CC1. The van der Waals surface area contributed by atoms with Gasteiger partial charge in [-0.1, -0.05) is 13.0 Å². The summed E-state index contributed by atoms with van der Waals surface area (Å²) in [6, 6.07) is 1.90. The van der Waals surface area contributed by atoms with Crippen LogP contribution >= 0.6 is 11.3 Å². The largest absolute Gasteiger partial charge is 0.477 e. The summed E-state index contributed by atoms with van der Waals surface area (Å²) >= 11 is 1.31. The first-order chi connectivity index (χ1) is 15.5. The number of aromatic carboxylic acids is 1. The van der Waals surface area contributed by atoms with E-state index < -0.39 is 5.97 Å². The predicted molar refractivity (Wildman–Crippen MR) is 127 cm³/mol. The van der Waals surface area contributed by atoms with Crippen molar-refractivity contribution in [1.29, 1.82) is 5.26 Å². The van der Waals surface area contributed by atoms with Crippen LogP contribution in [0.2, 0.25) is 0 Å². The fourth-order valence-corrected chi connectivity index (χ4v) is 6.41. The fourth-order valence-electron chi connectivity index (χ4n) is 5.36. The number of hydrogen-bond acceptors (Lipinski definition) is 5. The number of rotatable bonds is 5. The number of carboxylic acid groups (broad SMARTS) is 1. The first-order valence-electron chi connectivity index (χ1n) is 12.0.